The number of carbonyl (C=O) groups is 4. The van der Waals surface area contributed by atoms with Crippen molar-refractivity contribution in [3.63, 3.8) is 0 Å². The summed E-state index contributed by atoms with van der Waals surface area (Å²) in [5.74, 6) is -0.713. The normalized spacial score (nSPS) is 21.2. The van der Waals surface area contributed by atoms with Crippen molar-refractivity contribution in [2.45, 2.75) is 90.1 Å². The number of alkyl halides is 3. The number of thiocarbonyl (C=S) groups is 1. The van der Waals surface area contributed by atoms with Crippen LogP contribution in [0, 0.1) is 11.3 Å². The predicted octanol–water partition coefficient (Wildman–Crippen LogP) is 6.38. The number of piperidine rings is 1. The second kappa shape index (κ2) is 17.5. The van der Waals surface area contributed by atoms with Crippen molar-refractivity contribution in [3.05, 3.63) is 71.5 Å². The molecule has 0 radical (unpaired) electrons. The summed E-state index contributed by atoms with van der Waals surface area (Å²) < 4.78 is 47.7. The van der Waals surface area contributed by atoms with E-state index in [2.05, 4.69) is 44.6 Å². The summed E-state index contributed by atoms with van der Waals surface area (Å²) in [5, 5.41) is 17.6. The number of hydrogen-bond acceptors (Lipinski definition) is 11. The van der Waals surface area contributed by atoms with Gasteiger partial charge >= 0.3 is 6.18 Å². The molecule has 2 aromatic carbocycles. The van der Waals surface area contributed by atoms with Crippen LogP contribution in [0.4, 0.5) is 35.9 Å². The van der Waals surface area contributed by atoms with Gasteiger partial charge in [0.25, 0.3) is 5.91 Å². The molecule has 18 heteroatoms. The maximum atomic E-state index is 13.8. The molecular formula is C42H54F3N9O5S. The van der Waals surface area contributed by atoms with Crippen LogP contribution in [0.25, 0.3) is 0 Å². The van der Waals surface area contributed by atoms with Crippen molar-refractivity contribution in [1.82, 2.24) is 20.1 Å². The quantitative estimate of drug-likeness (QED) is 0.136. The third-order valence-corrected chi connectivity index (χ3v) is 11.3. The minimum atomic E-state index is -4.86. The molecule has 60 heavy (non-hydrogen) atoms. The van der Waals surface area contributed by atoms with Gasteiger partial charge in [-0.05, 0) is 100 Å². The fourth-order valence-electron chi connectivity index (χ4n) is 7.93. The third-order valence-electron chi connectivity index (χ3n) is 11.0. The molecule has 3 atom stereocenters. The highest BCUT2D eigenvalue weighted by atomic mass is 32.1. The number of carbonyl (C=O) groups excluding carboxylic acids is 4. The van der Waals surface area contributed by atoms with Gasteiger partial charge in [0.05, 0.1) is 24.0 Å². The van der Waals surface area contributed by atoms with Gasteiger partial charge in [0.2, 0.25) is 17.7 Å². The molecule has 6 rings (SSSR count). The fourth-order valence-corrected chi connectivity index (χ4v) is 8.45. The molecule has 14 nitrogen and oxygen atoms in total. The summed E-state index contributed by atoms with van der Waals surface area (Å²) in [4.78, 5) is 61.4. The van der Waals surface area contributed by atoms with Crippen LogP contribution in [0.2, 0.25) is 0 Å². The highest BCUT2D eigenvalue weighted by Crippen LogP contribution is 2.41. The predicted molar refractivity (Wildman–Crippen MR) is 230 cm³/mol. The van der Waals surface area contributed by atoms with Crippen molar-refractivity contribution < 1.29 is 41.4 Å². The van der Waals surface area contributed by atoms with E-state index in [1.165, 1.54) is 6.07 Å². The zero-order chi connectivity index (χ0) is 43.7. The number of nitrogens with zero attached hydrogens (tertiary/aromatic N) is 6. The van der Waals surface area contributed by atoms with E-state index in [4.69, 9.17) is 17.0 Å². The lowest BCUT2D eigenvalue weighted by molar-refractivity contribution is -0.138. The molecule has 3 N–H and O–H groups in total. The van der Waals surface area contributed by atoms with Crippen LogP contribution < -0.4 is 30.5 Å². The van der Waals surface area contributed by atoms with Crippen molar-refractivity contribution in [1.29, 1.82) is 5.26 Å². The van der Waals surface area contributed by atoms with Gasteiger partial charge in [0, 0.05) is 59.5 Å². The van der Waals surface area contributed by atoms with E-state index in [0.29, 0.717) is 55.5 Å². The summed E-state index contributed by atoms with van der Waals surface area (Å²) >= 11 is 5.72. The molecule has 3 saturated heterocycles. The van der Waals surface area contributed by atoms with E-state index in [1.807, 2.05) is 26.0 Å². The van der Waals surface area contributed by atoms with Gasteiger partial charge in [-0.2, -0.15) is 18.4 Å². The number of nitriles is 1. The van der Waals surface area contributed by atoms with Gasteiger partial charge in [-0.15, -0.1) is 0 Å². The van der Waals surface area contributed by atoms with Gasteiger partial charge in [0.15, 0.2) is 10.8 Å². The number of nitrogens with one attached hydrogen (secondary N) is 3. The number of benzene rings is 2. The van der Waals surface area contributed by atoms with Gasteiger partial charge < -0.3 is 20.3 Å². The maximum absolute atomic E-state index is 13.8. The molecule has 324 valence electrons. The first-order valence-electron chi connectivity index (χ1n) is 19.7. The lowest BCUT2D eigenvalue weighted by Gasteiger charge is -2.44. The van der Waals surface area contributed by atoms with Crippen LogP contribution in [0.15, 0.2) is 54.7 Å². The Hall–Kier alpha value is -5.64. The van der Waals surface area contributed by atoms with Gasteiger partial charge in [-0.25, -0.2) is 4.98 Å². The first-order valence-corrected chi connectivity index (χ1v) is 20.1. The van der Waals surface area contributed by atoms with Crippen LogP contribution in [0.3, 0.4) is 0 Å². The minimum absolute atomic E-state index is 0. The molecule has 0 bridgehead atoms. The van der Waals surface area contributed by atoms with Crippen LogP contribution in [-0.2, 0) is 25.4 Å². The topological polar surface area (TPSA) is 163 Å². The average molecular weight is 854 g/mol. The van der Waals surface area contributed by atoms with Crippen LogP contribution in [0.5, 0.6) is 5.75 Å². The number of piperazine rings is 1. The van der Waals surface area contributed by atoms with Crippen LogP contribution in [-0.4, -0.2) is 100.0 Å². The first-order chi connectivity index (χ1) is 28.3. The SMILES string of the molecule is CC(C)c1cc(N2C(=S)N(c3cnc(C#N)c(C(F)(F)F)c3)C(=O)C2(C)C)ccc1OCCN1C[C@@H](C)N(CC(=O)Nc2cccc(NC3CCC(=O)NC3=O)c2)[C@@H](C)C1.[HH].[HH].[HH]. The zero-order valence-corrected chi connectivity index (χ0v) is 35.0. The Morgan fingerprint density at radius 3 is 2.43 bits per heavy atom. The highest BCUT2D eigenvalue weighted by Gasteiger charge is 2.51. The summed E-state index contributed by atoms with van der Waals surface area (Å²) in [5.41, 5.74) is -0.841. The zero-order valence-electron chi connectivity index (χ0n) is 34.2. The number of hydrogen-bond donors (Lipinski definition) is 3. The largest absolute Gasteiger partial charge is 0.492 e. The van der Waals surface area contributed by atoms with E-state index in [-0.39, 0.29) is 63.8 Å². The monoisotopic (exact) mass is 853 g/mol. The van der Waals surface area contributed by atoms with Gasteiger partial charge in [0.1, 0.15) is 30.0 Å². The number of aromatic nitrogens is 1. The van der Waals surface area contributed by atoms with Crippen molar-refractivity contribution in [2.24, 2.45) is 0 Å². The Bertz CT molecular complexity index is 2230. The molecule has 3 aliphatic heterocycles. The van der Waals surface area contributed by atoms with Crippen molar-refractivity contribution >= 4 is 63.7 Å². The van der Waals surface area contributed by atoms with Crippen LogP contribution >= 0.6 is 12.2 Å². The Labute approximate surface area is 356 Å². The van der Waals surface area contributed by atoms with E-state index < -0.39 is 34.9 Å². The third kappa shape index (κ3) is 9.38. The van der Waals surface area contributed by atoms with Crippen LogP contribution in [0.1, 0.15) is 81.4 Å². The van der Waals surface area contributed by atoms with Gasteiger partial charge in [-0.3, -0.25) is 39.2 Å². The first kappa shape index (κ1) is 43.9. The number of ether oxygens (including phenoxy) is 1. The van der Waals surface area contributed by atoms with Gasteiger partial charge in [-0.1, -0.05) is 19.9 Å². The molecular weight excluding hydrogens is 800 g/mol. The molecule has 3 aliphatic rings. The lowest BCUT2D eigenvalue weighted by atomic mass is 9.98. The Morgan fingerprint density at radius 1 is 1.08 bits per heavy atom. The molecule has 0 saturated carbocycles. The smallest absolute Gasteiger partial charge is 0.419 e. The molecule has 1 aromatic heterocycles. The Balaban J connectivity index is 0.00000352. The van der Waals surface area contributed by atoms with Crippen molar-refractivity contribution in [2.75, 3.05) is 53.2 Å². The Kier molecular flexibility index (Phi) is 12.8. The van der Waals surface area contributed by atoms with E-state index in [1.54, 1.807) is 49.1 Å². The van der Waals surface area contributed by atoms with E-state index >= 15 is 0 Å². The molecule has 0 aliphatic carbocycles. The molecule has 4 amide bonds. The van der Waals surface area contributed by atoms with Crippen molar-refractivity contribution in [3.8, 4) is 11.8 Å². The molecule has 4 heterocycles. The summed E-state index contributed by atoms with van der Waals surface area (Å²) in [7, 11) is 0. The average Bonchev–Trinajstić information content (AvgIpc) is 3.35. The highest BCUT2D eigenvalue weighted by molar-refractivity contribution is 7.81. The standard InChI is InChI=1S/C42H48F3N9O5S.3H2/c1-24(2)31-17-29(54-40(60)53(39(58)41(54,5)6)30-18-32(42(43,44)45)34(19-46)47-20-30)10-12-35(31)59-15-14-51-21-25(3)52(26(4)22-51)23-37(56)49-28-9-7-8-27(16-28)48-33-11-13-36(55)50-38(33)57;;;/h7-10,12,16-18,20,24-26,33,48H,11,13-15,21-23H2,1-6H3,(H,49,56)(H,50,55,57);3*1H/t25-,26+,33?;;;. The number of pyridine rings is 1. The molecule has 3 aromatic rings. The second-order valence-electron chi connectivity index (χ2n) is 16.1. The Morgan fingerprint density at radius 2 is 1.78 bits per heavy atom. The van der Waals surface area contributed by atoms with E-state index in [9.17, 15) is 37.6 Å². The summed E-state index contributed by atoms with van der Waals surface area (Å²) in [6.45, 7) is 14.1. The number of rotatable bonds is 12. The number of halogens is 3. The maximum Gasteiger partial charge on any atom is 0.419 e. The van der Waals surface area contributed by atoms with E-state index in [0.717, 1.165) is 22.7 Å². The number of imide groups is 1. The molecule has 0 spiro atoms. The summed E-state index contributed by atoms with van der Waals surface area (Å²) in [6, 6.07) is 14.4. The summed E-state index contributed by atoms with van der Waals surface area (Å²) in [6.07, 6.45) is -3.17. The molecule has 3 fully saturated rings. The number of amides is 4. The number of anilines is 4. The minimum Gasteiger partial charge on any atom is -0.492 e. The second-order valence-corrected chi connectivity index (χ2v) is 16.5. The lowest BCUT2D eigenvalue weighted by Crippen LogP contribution is -2.58. The fraction of sp³-hybridized carbons (Fsp3) is 0.452. The molecule has 1 unspecified atom stereocenters.